The summed E-state index contributed by atoms with van der Waals surface area (Å²) in [5, 5.41) is 7.96. The Morgan fingerprint density at radius 3 is 2.50 bits per heavy atom. The molecule has 2 atom stereocenters. The molecule has 0 amide bonds. The molecule has 8 nitrogen and oxygen atoms in total. The minimum atomic E-state index is -3.66. The van der Waals surface area contributed by atoms with E-state index in [0.29, 0.717) is 15.8 Å². The lowest BCUT2D eigenvalue weighted by molar-refractivity contribution is 0.169. The van der Waals surface area contributed by atoms with Crippen molar-refractivity contribution in [2.75, 3.05) is 6.35 Å². The van der Waals surface area contributed by atoms with Crippen molar-refractivity contribution in [3.63, 3.8) is 0 Å². The van der Waals surface area contributed by atoms with E-state index in [1.165, 1.54) is 18.4 Å². The standard InChI is InChI=1S/C24H16Cl3N2O6P/c25-15-5-3-4-14(10-15)21-8-9-33-36(31,35-21)13-32-16-11-19(26)22(20(27)12-16)34-24-18-7-2-1-6-17(18)23(30)28-29-24/h1-12,21H,13H2,(H,28,30)/t21-,36+/m0/s1. The molecule has 0 spiro atoms. The molecule has 12 heteroatoms. The molecule has 36 heavy (non-hydrogen) atoms. The van der Waals surface area contributed by atoms with Gasteiger partial charge in [-0.05, 0) is 35.9 Å². The second-order valence-electron chi connectivity index (χ2n) is 7.62. The molecule has 1 aliphatic heterocycles. The molecule has 5 rings (SSSR count). The van der Waals surface area contributed by atoms with Crippen LogP contribution in [0.1, 0.15) is 11.7 Å². The van der Waals surface area contributed by atoms with Crippen LogP contribution in [0.3, 0.4) is 0 Å². The fourth-order valence-electron chi connectivity index (χ4n) is 3.48. The topological polar surface area (TPSA) is 99.7 Å². The number of rotatable bonds is 6. The van der Waals surface area contributed by atoms with Crippen LogP contribution in [-0.4, -0.2) is 16.5 Å². The Bertz CT molecular complexity index is 1570. The number of aromatic nitrogens is 2. The van der Waals surface area contributed by atoms with Crippen LogP contribution in [0, 0.1) is 0 Å². The van der Waals surface area contributed by atoms with Crippen LogP contribution in [0.2, 0.25) is 15.1 Å². The number of hydrogen-bond donors (Lipinski definition) is 1. The Balaban J connectivity index is 1.32. The fraction of sp³-hybridized carbons (Fsp3) is 0.0833. The van der Waals surface area contributed by atoms with E-state index in [9.17, 15) is 9.36 Å². The second kappa shape index (κ2) is 10.2. The molecule has 0 unspecified atom stereocenters. The first-order valence-electron chi connectivity index (χ1n) is 10.5. The van der Waals surface area contributed by atoms with Crippen LogP contribution in [0.4, 0.5) is 0 Å². The van der Waals surface area contributed by atoms with Gasteiger partial charge in [0.2, 0.25) is 12.2 Å². The van der Waals surface area contributed by atoms with Crippen LogP contribution in [0.25, 0.3) is 10.8 Å². The summed E-state index contributed by atoms with van der Waals surface area (Å²) in [7, 11) is -3.66. The first kappa shape index (κ1) is 24.7. The van der Waals surface area contributed by atoms with E-state index in [4.69, 9.17) is 53.3 Å². The van der Waals surface area contributed by atoms with Gasteiger partial charge in [-0.15, -0.1) is 5.10 Å². The van der Waals surface area contributed by atoms with Gasteiger partial charge in [0.05, 0.1) is 27.1 Å². The van der Waals surface area contributed by atoms with Crippen LogP contribution in [0.5, 0.6) is 17.4 Å². The third-order valence-corrected chi connectivity index (χ3v) is 7.38. The highest BCUT2D eigenvalue weighted by Gasteiger charge is 2.33. The lowest BCUT2D eigenvalue weighted by Crippen LogP contribution is -2.11. The summed E-state index contributed by atoms with van der Waals surface area (Å²) in [6.45, 7) is 0. The molecule has 184 valence electrons. The summed E-state index contributed by atoms with van der Waals surface area (Å²) >= 11 is 18.8. The van der Waals surface area contributed by atoms with E-state index in [1.807, 2.05) is 0 Å². The zero-order chi connectivity index (χ0) is 25.3. The molecule has 0 aliphatic carbocycles. The average molecular weight is 566 g/mol. The quantitative estimate of drug-likeness (QED) is 0.242. The fourth-order valence-corrected chi connectivity index (χ4v) is 5.50. The zero-order valence-corrected chi connectivity index (χ0v) is 21.4. The Morgan fingerprint density at radius 2 is 1.75 bits per heavy atom. The number of hydrogen-bond acceptors (Lipinski definition) is 7. The number of halogens is 3. The summed E-state index contributed by atoms with van der Waals surface area (Å²) in [6, 6.07) is 16.7. The Morgan fingerprint density at radius 1 is 1.00 bits per heavy atom. The molecule has 0 saturated carbocycles. The number of H-pyrrole nitrogens is 1. The van der Waals surface area contributed by atoms with E-state index in [1.54, 1.807) is 54.6 Å². The number of fused-ring (bicyclic) bond motifs is 1. The van der Waals surface area contributed by atoms with Crippen molar-refractivity contribution in [3.05, 3.63) is 104 Å². The highest BCUT2D eigenvalue weighted by molar-refractivity contribution is 7.53. The number of aromatic amines is 1. The highest BCUT2D eigenvalue weighted by atomic mass is 35.5. The molecule has 4 aromatic rings. The highest BCUT2D eigenvalue weighted by Crippen LogP contribution is 2.55. The van der Waals surface area contributed by atoms with Gasteiger partial charge in [0.15, 0.2) is 5.75 Å². The van der Waals surface area contributed by atoms with Gasteiger partial charge >= 0.3 is 7.60 Å². The molecule has 1 aromatic heterocycles. The lowest BCUT2D eigenvalue weighted by Gasteiger charge is -2.26. The normalized spacial score (nSPS) is 19.1. The van der Waals surface area contributed by atoms with E-state index >= 15 is 0 Å². The van der Waals surface area contributed by atoms with Gasteiger partial charge < -0.3 is 14.0 Å². The predicted octanol–water partition coefficient (Wildman–Crippen LogP) is 7.51. The third-order valence-electron chi connectivity index (χ3n) is 5.15. The minimum absolute atomic E-state index is 0.107. The first-order valence-corrected chi connectivity index (χ1v) is 13.3. The van der Waals surface area contributed by atoms with Gasteiger partial charge in [0, 0.05) is 17.2 Å². The number of nitrogens with one attached hydrogen (secondary N) is 1. The predicted molar refractivity (Wildman–Crippen MR) is 138 cm³/mol. The van der Waals surface area contributed by atoms with Gasteiger partial charge in [-0.2, -0.15) is 0 Å². The first-order chi connectivity index (χ1) is 17.3. The van der Waals surface area contributed by atoms with Crippen molar-refractivity contribution in [3.8, 4) is 17.4 Å². The van der Waals surface area contributed by atoms with Gasteiger partial charge in [-0.25, -0.2) is 9.66 Å². The molecule has 0 bridgehead atoms. The van der Waals surface area contributed by atoms with Gasteiger partial charge in [0.25, 0.3) is 5.56 Å². The molecule has 0 saturated heterocycles. The van der Waals surface area contributed by atoms with Crippen LogP contribution in [0.15, 0.2) is 77.8 Å². The molecule has 0 fully saturated rings. The van der Waals surface area contributed by atoms with Crippen molar-refractivity contribution in [2.24, 2.45) is 0 Å². The molecule has 1 N–H and O–H groups in total. The molecule has 2 heterocycles. The average Bonchev–Trinajstić information content (AvgIpc) is 2.86. The van der Waals surface area contributed by atoms with Crippen molar-refractivity contribution in [2.45, 2.75) is 6.10 Å². The van der Waals surface area contributed by atoms with Crippen molar-refractivity contribution in [1.82, 2.24) is 10.2 Å². The SMILES string of the molecule is O=c1[nH]nc(Oc2c(Cl)cc(OC[P@@]3(=O)OC=C[C@@H](c4cccc(Cl)c4)O3)cc2Cl)c2ccccc12. The molecule has 3 aromatic carbocycles. The zero-order valence-electron chi connectivity index (χ0n) is 18.2. The minimum Gasteiger partial charge on any atom is -0.480 e. The molecule has 1 aliphatic rings. The number of ether oxygens (including phenoxy) is 2. The summed E-state index contributed by atoms with van der Waals surface area (Å²) in [4.78, 5) is 12.0. The van der Waals surface area contributed by atoms with Crippen molar-refractivity contribution >= 4 is 53.2 Å². The monoisotopic (exact) mass is 564 g/mol. The maximum atomic E-state index is 13.1. The van der Waals surface area contributed by atoms with E-state index in [2.05, 4.69) is 10.2 Å². The van der Waals surface area contributed by atoms with E-state index < -0.39 is 20.0 Å². The van der Waals surface area contributed by atoms with Gasteiger partial charge in [-0.3, -0.25) is 9.32 Å². The largest absolute Gasteiger partial charge is 0.480 e. The Kier molecular flexibility index (Phi) is 6.97. The van der Waals surface area contributed by atoms with Crippen LogP contribution >= 0.6 is 42.4 Å². The number of nitrogens with zero attached hydrogens (tertiary/aromatic N) is 1. The van der Waals surface area contributed by atoms with Crippen molar-refractivity contribution in [1.29, 1.82) is 0 Å². The van der Waals surface area contributed by atoms with Crippen LogP contribution in [-0.2, 0) is 13.6 Å². The van der Waals surface area contributed by atoms with Gasteiger partial charge in [-0.1, -0.05) is 59.1 Å². The maximum Gasteiger partial charge on any atom is 0.416 e. The van der Waals surface area contributed by atoms with E-state index in [0.717, 1.165) is 5.56 Å². The molecule has 0 radical (unpaired) electrons. The lowest BCUT2D eigenvalue weighted by atomic mass is 10.1. The van der Waals surface area contributed by atoms with Crippen LogP contribution < -0.4 is 15.0 Å². The second-order valence-corrected chi connectivity index (χ2v) is 10.8. The molecular formula is C24H16Cl3N2O6P. The summed E-state index contributed by atoms with van der Waals surface area (Å²) < 4.78 is 35.5. The Labute approximate surface area is 219 Å². The maximum absolute atomic E-state index is 13.1. The van der Waals surface area contributed by atoms with Crippen molar-refractivity contribution < 1.29 is 23.1 Å². The third kappa shape index (κ3) is 5.24. The number of benzene rings is 3. The van der Waals surface area contributed by atoms with E-state index in [-0.39, 0.29) is 33.0 Å². The summed E-state index contributed by atoms with van der Waals surface area (Å²) in [5.74, 6) is 0.444. The van der Waals surface area contributed by atoms with Gasteiger partial charge in [0.1, 0.15) is 11.9 Å². The summed E-state index contributed by atoms with van der Waals surface area (Å²) in [5.41, 5.74) is 0.367. The molecular weight excluding hydrogens is 550 g/mol. The Hall–Kier alpha value is -3.00. The smallest absolute Gasteiger partial charge is 0.416 e. The summed E-state index contributed by atoms with van der Waals surface area (Å²) in [6.07, 6.45) is 1.93.